The number of anilines is 1. The van der Waals surface area contributed by atoms with Gasteiger partial charge in [0.1, 0.15) is 12.6 Å². The Morgan fingerprint density at radius 3 is 2.21 bits per heavy atom. The number of halogens is 3. The van der Waals surface area contributed by atoms with E-state index in [-0.39, 0.29) is 39.0 Å². The molecule has 0 heterocycles. The van der Waals surface area contributed by atoms with Crippen molar-refractivity contribution >= 4 is 62.3 Å². The minimum Gasteiger partial charge on any atom is -0.354 e. The molecule has 0 aliphatic rings. The molecule has 0 bridgehead atoms. The molecule has 3 rings (SSSR count). The Morgan fingerprint density at radius 2 is 1.56 bits per heavy atom. The zero-order valence-corrected chi connectivity index (χ0v) is 24.9. The third-order valence-electron chi connectivity index (χ3n) is 5.90. The quantitative estimate of drug-likeness (QED) is 0.287. The molecule has 0 aromatic heterocycles. The monoisotopic (exact) mass is 609 g/mol. The number of rotatable bonds is 11. The van der Waals surface area contributed by atoms with E-state index in [1.807, 2.05) is 13.8 Å². The third-order valence-corrected chi connectivity index (χ3v) is 8.72. The van der Waals surface area contributed by atoms with Gasteiger partial charge < -0.3 is 10.2 Å². The van der Waals surface area contributed by atoms with E-state index in [1.54, 1.807) is 55.5 Å². The number of sulfonamides is 1. The van der Waals surface area contributed by atoms with Gasteiger partial charge in [-0.25, -0.2) is 8.42 Å². The number of hydrogen-bond donors (Lipinski definition) is 1. The molecule has 11 heteroatoms. The Kier molecular flexibility index (Phi) is 10.7. The topological polar surface area (TPSA) is 86.8 Å². The molecule has 1 N–H and O–H groups in total. The second-order valence-corrected chi connectivity index (χ2v) is 12.4. The minimum absolute atomic E-state index is 0.0180. The molecule has 0 radical (unpaired) electrons. The highest BCUT2D eigenvalue weighted by Crippen LogP contribution is 2.35. The Hall–Kier alpha value is -2.78. The number of nitrogens with one attached hydrogen (secondary N) is 1. The van der Waals surface area contributed by atoms with Crippen LogP contribution in [0.2, 0.25) is 15.1 Å². The largest absolute Gasteiger partial charge is 0.354 e. The van der Waals surface area contributed by atoms with Crippen molar-refractivity contribution in [1.29, 1.82) is 0 Å². The van der Waals surface area contributed by atoms with Crippen molar-refractivity contribution in [2.75, 3.05) is 17.4 Å². The van der Waals surface area contributed by atoms with Crippen molar-refractivity contribution < 1.29 is 18.0 Å². The summed E-state index contributed by atoms with van der Waals surface area (Å²) in [6.07, 6.45) is 0. The van der Waals surface area contributed by atoms with Crippen LogP contribution in [0.5, 0.6) is 0 Å². The van der Waals surface area contributed by atoms with Gasteiger partial charge in [-0.05, 0) is 54.8 Å². The zero-order chi connectivity index (χ0) is 28.7. The van der Waals surface area contributed by atoms with Crippen LogP contribution in [0.1, 0.15) is 26.3 Å². The molecule has 1 unspecified atom stereocenters. The summed E-state index contributed by atoms with van der Waals surface area (Å²) >= 11 is 18.8. The Balaban J connectivity index is 2.04. The van der Waals surface area contributed by atoms with Crippen LogP contribution in [0.4, 0.5) is 5.69 Å². The molecule has 208 valence electrons. The first kappa shape index (κ1) is 30.8. The van der Waals surface area contributed by atoms with Crippen molar-refractivity contribution in [3.63, 3.8) is 0 Å². The molecule has 0 saturated carbocycles. The first-order valence-electron chi connectivity index (χ1n) is 12.2. The van der Waals surface area contributed by atoms with E-state index in [4.69, 9.17) is 34.8 Å². The van der Waals surface area contributed by atoms with E-state index >= 15 is 0 Å². The third kappa shape index (κ3) is 7.88. The minimum atomic E-state index is -4.25. The predicted molar refractivity (Wildman–Crippen MR) is 157 cm³/mol. The van der Waals surface area contributed by atoms with Crippen LogP contribution < -0.4 is 9.62 Å². The Bertz CT molecular complexity index is 1420. The van der Waals surface area contributed by atoms with Gasteiger partial charge in [-0.15, -0.1) is 0 Å². The summed E-state index contributed by atoms with van der Waals surface area (Å²) in [7, 11) is -4.25. The number of hydrogen-bond acceptors (Lipinski definition) is 4. The van der Waals surface area contributed by atoms with Gasteiger partial charge in [-0.1, -0.05) is 85.0 Å². The fraction of sp³-hybridized carbons (Fsp3) is 0.286. The number of carbonyl (C=O) groups is 2. The van der Waals surface area contributed by atoms with Crippen LogP contribution >= 0.6 is 34.8 Å². The molecule has 39 heavy (non-hydrogen) atoms. The summed E-state index contributed by atoms with van der Waals surface area (Å²) < 4.78 is 28.5. The van der Waals surface area contributed by atoms with Gasteiger partial charge in [0.2, 0.25) is 11.8 Å². The van der Waals surface area contributed by atoms with Crippen molar-refractivity contribution in [1.82, 2.24) is 10.2 Å². The summed E-state index contributed by atoms with van der Waals surface area (Å²) in [6.45, 7) is 5.34. The summed E-state index contributed by atoms with van der Waals surface area (Å²) in [5, 5.41) is 3.42. The summed E-state index contributed by atoms with van der Waals surface area (Å²) in [5.41, 5.74) is 0.721. The van der Waals surface area contributed by atoms with Crippen LogP contribution in [0.15, 0.2) is 77.7 Å². The molecule has 3 aromatic rings. The molecule has 3 aromatic carbocycles. The molecule has 0 fully saturated rings. The van der Waals surface area contributed by atoms with Gasteiger partial charge in [0.05, 0.1) is 20.6 Å². The Labute approximate surface area is 244 Å². The lowest BCUT2D eigenvalue weighted by molar-refractivity contribution is -0.139. The summed E-state index contributed by atoms with van der Waals surface area (Å²) in [4.78, 5) is 28.2. The predicted octanol–water partition coefficient (Wildman–Crippen LogP) is 6.03. The van der Waals surface area contributed by atoms with Crippen LogP contribution in [0.25, 0.3) is 0 Å². The lowest BCUT2D eigenvalue weighted by Crippen LogP contribution is -2.51. The Morgan fingerprint density at radius 1 is 0.897 bits per heavy atom. The first-order chi connectivity index (χ1) is 18.4. The zero-order valence-electron chi connectivity index (χ0n) is 21.8. The van der Waals surface area contributed by atoms with Gasteiger partial charge in [-0.2, -0.15) is 0 Å². The molecule has 0 aliphatic heterocycles. The smallest absolute Gasteiger partial charge is 0.264 e. The van der Waals surface area contributed by atoms with Gasteiger partial charge in [0, 0.05) is 18.1 Å². The highest BCUT2D eigenvalue weighted by molar-refractivity contribution is 7.92. The molecule has 7 nitrogen and oxygen atoms in total. The lowest BCUT2D eigenvalue weighted by Gasteiger charge is -2.32. The normalized spacial score (nSPS) is 12.2. The number of nitrogens with zero attached hydrogens (tertiary/aromatic N) is 2. The van der Waals surface area contributed by atoms with Crippen LogP contribution in [-0.4, -0.2) is 44.3 Å². The highest BCUT2D eigenvalue weighted by Gasteiger charge is 2.33. The van der Waals surface area contributed by atoms with Crippen molar-refractivity contribution in [2.24, 2.45) is 5.92 Å². The molecule has 1 atom stereocenters. The van der Waals surface area contributed by atoms with Gasteiger partial charge in [-0.3, -0.25) is 13.9 Å². The van der Waals surface area contributed by atoms with Crippen molar-refractivity contribution in [3.8, 4) is 0 Å². The standard InChI is InChI=1S/C28H30Cl3N3O4S/c1-19(2)16-32-28(36)20(3)33(17-21-9-7-10-22(29)15-21)26(35)18-34(25-14-8-13-24(30)27(25)31)39(37,38)23-11-5-4-6-12-23/h4-15,19-20H,16-18H2,1-3H3,(H,32,36). The average molecular weight is 611 g/mol. The summed E-state index contributed by atoms with van der Waals surface area (Å²) in [6, 6.07) is 18.2. The molecular weight excluding hydrogens is 581 g/mol. The van der Waals surface area contributed by atoms with E-state index < -0.39 is 28.5 Å². The maximum atomic E-state index is 13.9. The van der Waals surface area contributed by atoms with Gasteiger partial charge in [0.15, 0.2) is 0 Å². The van der Waals surface area contributed by atoms with Crippen LogP contribution in [0.3, 0.4) is 0 Å². The average Bonchev–Trinajstić information content (AvgIpc) is 2.90. The van der Waals surface area contributed by atoms with Gasteiger partial charge >= 0.3 is 0 Å². The van der Waals surface area contributed by atoms with E-state index in [2.05, 4.69) is 5.32 Å². The van der Waals surface area contributed by atoms with E-state index in [9.17, 15) is 18.0 Å². The number of amides is 2. The molecule has 0 aliphatic carbocycles. The second-order valence-electron chi connectivity index (χ2n) is 9.36. The fourth-order valence-corrected chi connectivity index (χ4v) is 5.89. The lowest BCUT2D eigenvalue weighted by atomic mass is 10.1. The highest BCUT2D eigenvalue weighted by atomic mass is 35.5. The number of carbonyl (C=O) groups excluding carboxylic acids is 2. The maximum Gasteiger partial charge on any atom is 0.264 e. The van der Waals surface area contributed by atoms with Crippen molar-refractivity contribution in [3.05, 3.63) is 93.4 Å². The van der Waals surface area contributed by atoms with Crippen LogP contribution in [-0.2, 0) is 26.2 Å². The second kappa shape index (κ2) is 13.5. The maximum absolute atomic E-state index is 13.9. The van der Waals surface area contributed by atoms with Gasteiger partial charge in [0.25, 0.3) is 10.0 Å². The molecular formula is C28H30Cl3N3O4S. The first-order valence-corrected chi connectivity index (χ1v) is 14.8. The molecule has 0 saturated heterocycles. The summed E-state index contributed by atoms with van der Waals surface area (Å²) in [5.74, 6) is -0.773. The van der Waals surface area contributed by atoms with E-state index in [0.29, 0.717) is 17.1 Å². The van der Waals surface area contributed by atoms with Crippen LogP contribution in [0, 0.1) is 5.92 Å². The van der Waals surface area contributed by atoms with Crippen molar-refractivity contribution in [2.45, 2.75) is 38.3 Å². The molecule has 0 spiro atoms. The fourth-order valence-electron chi connectivity index (χ4n) is 3.79. The molecule has 2 amide bonds. The van der Waals surface area contributed by atoms with E-state index in [0.717, 1.165) is 4.31 Å². The number of benzene rings is 3. The SMILES string of the molecule is CC(C)CNC(=O)C(C)N(Cc1cccc(Cl)c1)C(=O)CN(c1cccc(Cl)c1Cl)S(=O)(=O)c1ccccc1. The van der Waals surface area contributed by atoms with E-state index in [1.165, 1.54) is 29.2 Å².